The van der Waals surface area contributed by atoms with E-state index < -0.39 is 6.03 Å². The van der Waals surface area contributed by atoms with Crippen LogP contribution in [0.4, 0.5) is 10.5 Å². The summed E-state index contributed by atoms with van der Waals surface area (Å²) in [6.07, 6.45) is 0.947. The third-order valence-corrected chi connectivity index (χ3v) is 3.24. The predicted octanol–water partition coefficient (Wildman–Crippen LogP) is 1.53. The number of nitrogens with zero attached hydrogens (tertiary/aromatic N) is 1. The third-order valence-electron chi connectivity index (χ3n) is 3.24. The number of amides is 3. The zero-order chi connectivity index (χ0) is 14.5. The van der Waals surface area contributed by atoms with Crippen LogP contribution < -0.4 is 15.5 Å². The molecule has 1 heterocycles. The van der Waals surface area contributed by atoms with Gasteiger partial charge in [0.1, 0.15) is 0 Å². The van der Waals surface area contributed by atoms with Crippen molar-refractivity contribution in [1.29, 1.82) is 0 Å². The van der Waals surface area contributed by atoms with Crippen LogP contribution >= 0.6 is 0 Å². The smallest absolute Gasteiger partial charge is 0.321 e. The molecule has 1 aromatic rings. The van der Waals surface area contributed by atoms with Crippen molar-refractivity contribution in [2.75, 3.05) is 24.5 Å². The van der Waals surface area contributed by atoms with Gasteiger partial charge in [-0.1, -0.05) is 32.0 Å². The van der Waals surface area contributed by atoms with Crippen molar-refractivity contribution < 1.29 is 9.59 Å². The molecule has 108 valence electrons. The maximum atomic E-state index is 11.9. The van der Waals surface area contributed by atoms with Gasteiger partial charge in [-0.25, -0.2) is 4.79 Å². The number of nitrogens with one attached hydrogen (secondary N) is 2. The molecule has 0 aliphatic carbocycles. The highest BCUT2D eigenvalue weighted by Gasteiger charge is 2.21. The topological polar surface area (TPSA) is 61.4 Å². The lowest BCUT2D eigenvalue weighted by atomic mass is 10.2. The van der Waals surface area contributed by atoms with E-state index in [4.69, 9.17) is 0 Å². The van der Waals surface area contributed by atoms with Gasteiger partial charge in [0.25, 0.3) is 0 Å². The Hall–Kier alpha value is -2.04. The Morgan fingerprint density at radius 3 is 2.80 bits per heavy atom. The molecule has 0 unspecified atom stereocenters. The van der Waals surface area contributed by atoms with Crippen LogP contribution in [0, 0.1) is 5.92 Å². The molecule has 2 N–H and O–H groups in total. The van der Waals surface area contributed by atoms with Crippen molar-refractivity contribution in [2.24, 2.45) is 5.92 Å². The van der Waals surface area contributed by atoms with Crippen molar-refractivity contribution in [3.8, 4) is 0 Å². The van der Waals surface area contributed by atoms with E-state index in [1.54, 1.807) is 0 Å². The van der Waals surface area contributed by atoms with Crippen LogP contribution in [0.3, 0.4) is 0 Å². The number of carbonyl (C=O) groups is 2. The van der Waals surface area contributed by atoms with Crippen LogP contribution in [0.15, 0.2) is 24.3 Å². The lowest BCUT2D eigenvalue weighted by Gasteiger charge is -2.18. The maximum Gasteiger partial charge on any atom is 0.321 e. The lowest BCUT2D eigenvalue weighted by molar-refractivity contribution is -0.118. The zero-order valence-electron chi connectivity index (χ0n) is 12.0. The first-order valence-electron chi connectivity index (χ1n) is 6.97. The monoisotopic (exact) mass is 275 g/mol. The van der Waals surface area contributed by atoms with Crippen molar-refractivity contribution in [3.05, 3.63) is 29.8 Å². The highest BCUT2D eigenvalue weighted by Crippen LogP contribution is 2.26. The molecule has 3 amide bonds. The fraction of sp³-hybridized carbons (Fsp3) is 0.467. The molecule has 0 atom stereocenters. The van der Waals surface area contributed by atoms with E-state index in [1.165, 1.54) is 5.56 Å². The van der Waals surface area contributed by atoms with Crippen LogP contribution in [0.2, 0.25) is 0 Å². The maximum absolute atomic E-state index is 11.9. The van der Waals surface area contributed by atoms with E-state index in [0.717, 1.165) is 18.7 Å². The molecule has 0 radical (unpaired) electrons. The quantitative estimate of drug-likeness (QED) is 0.876. The van der Waals surface area contributed by atoms with Crippen molar-refractivity contribution in [3.63, 3.8) is 0 Å². The summed E-state index contributed by atoms with van der Waals surface area (Å²) in [4.78, 5) is 25.4. The van der Waals surface area contributed by atoms with Gasteiger partial charge in [0.05, 0.1) is 6.54 Å². The molecule has 0 bridgehead atoms. The minimum atomic E-state index is -0.420. The van der Waals surface area contributed by atoms with E-state index in [2.05, 4.69) is 16.7 Å². The summed E-state index contributed by atoms with van der Waals surface area (Å²) in [5.74, 6) is 0.0873. The Balaban J connectivity index is 1.83. The second-order valence-corrected chi connectivity index (χ2v) is 5.45. The summed E-state index contributed by atoms with van der Waals surface area (Å²) in [5.41, 5.74) is 2.34. The number of rotatable bonds is 4. The van der Waals surface area contributed by atoms with Gasteiger partial charge >= 0.3 is 6.03 Å². The molecule has 0 spiro atoms. The number of urea groups is 1. The van der Waals surface area contributed by atoms with Crippen LogP contribution in [0.1, 0.15) is 19.4 Å². The summed E-state index contributed by atoms with van der Waals surface area (Å²) in [5, 5.41) is 5.03. The standard InChI is InChI=1S/C15H21N3O2/c1-11(2)9-16-15(20)17-14(19)10-18-8-7-12-5-3-4-6-13(12)18/h3-6,11H,7-10H2,1-2H3,(H2,16,17,19,20). The SMILES string of the molecule is CC(C)CNC(=O)NC(=O)CN1CCc2ccccc21. The molecule has 0 saturated carbocycles. The van der Waals surface area contributed by atoms with E-state index in [1.807, 2.05) is 36.9 Å². The fourth-order valence-corrected chi connectivity index (χ4v) is 2.25. The Labute approximate surface area is 119 Å². The summed E-state index contributed by atoms with van der Waals surface area (Å²) >= 11 is 0. The van der Waals surface area contributed by atoms with Crippen molar-refractivity contribution in [1.82, 2.24) is 10.6 Å². The Morgan fingerprint density at radius 2 is 2.05 bits per heavy atom. The average Bonchev–Trinajstić information content (AvgIpc) is 2.80. The summed E-state index contributed by atoms with van der Waals surface area (Å²) in [6.45, 7) is 5.60. The molecule has 0 saturated heterocycles. The molecule has 2 rings (SSSR count). The lowest BCUT2D eigenvalue weighted by Crippen LogP contribution is -2.45. The number of hydrogen-bond acceptors (Lipinski definition) is 3. The number of benzene rings is 1. The summed E-state index contributed by atoms with van der Waals surface area (Å²) < 4.78 is 0. The van der Waals surface area contributed by atoms with Gasteiger partial charge in [-0.2, -0.15) is 0 Å². The fourth-order valence-electron chi connectivity index (χ4n) is 2.25. The number of para-hydroxylation sites is 1. The highest BCUT2D eigenvalue weighted by molar-refractivity contribution is 5.96. The van der Waals surface area contributed by atoms with E-state index in [9.17, 15) is 9.59 Å². The van der Waals surface area contributed by atoms with E-state index in [-0.39, 0.29) is 12.5 Å². The largest absolute Gasteiger partial charge is 0.362 e. The third kappa shape index (κ3) is 3.73. The van der Waals surface area contributed by atoms with Gasteiger partial charge in [0.15, 0.2) is 0 Å². The summed E-state index contributed by atoms with van der Waals surface area (Å²) in [7, 11) is 0. The van der Waals surface area contributed by atoms with Gasteiger partial charge in [0, 0.05) is 18.8 Å². The molecular formula is C15H21N3O2. The first-order chi connectivity index (χ1) is 9.56. The van der Waals surface area contributed by atoms with Gasteiger partial charge in [-0.15, -0.1) is 0 Å². The predicted molar refractivity (Wildman–Crippen MR) is 78.7 cm³/mol. The molecule has 1 aromatic carbocycles. The second-order valence-electron chi connectivity index (χ2n) is 5.45. The molecule has 0 fully saturated rings. The number of carbonyl (C=O) groups excluding carboxylic acids is 2. The molecule has 5 nitrogen and oxygen atoms in total. The number of imide groups is 1. The zero-order valence-corrected chi connectivity index (χ0v) is 12.0. The minimum absolute atomic E-state index is 0.214. The molecule has 5 heteroatoms. The number of hydrogen-bond donors (Lipinski definition) is 2. The summed E-state index contributed by atoms with van der Waals surface area (Å²) in [6, 6.07) is 7.62. The normalized spacial score (nSPS) is 13.2. The number of fused-ring (bicyclic) bond motifs is 1. The highest BCUT2D eigenvalue weighted by atomic mass is 16.2. The average molecular weight is 275 g/mol. The molecule has 1 aliphatic rings. The van der Waals surface area contributed by atoms with Gasteiger partial charge in [-0.05, 0) is 24.0 Å². The second kappa shape index (κ2) is 6.41. The first-order valence-corrected chi connectivity index (χ1v) is 6.97. The molecule has 1 aliphatic heterocycles. The molecule has 20 heavy (non-hydrogen) atoms. The van der Waals surface area contributed by atoms with Gasteiger partial charge < -0.3 is 10.2 Å². The van der Waals surface area contributed by atoms with Gasteiger partial charge in [-0.3, -0.25) is 10.1 Å². The molecule has 0 aromatic heterocycles. The van der Waals surface area contributed by atoms with Crippen LogP contribution in [-0.4, -0.2) is 31.6 Å². The minimum Gasteiger partial charge on any atom is -0.362 e. The Bertz CT molecular complexity index is 500. The number of anilines is 1. The van der Waals surface area contributed by atoms with Crippen LogP contribution in [-0.2, 0) is 11.2 Å². The van der Waals surface area contributed by atoms with E-state index >= 15 is 0 Å². The van der Waals surface area contributed by atoms with Crippen molar-refractivity contribution >= 4 is 17.6 Å². The molecular weight excluding hydrogens is 254 g/mol. The van der Waals surface area contributed by atoms with Crippen LogP contribution in [0.25, 0.3) is 0 Å². The van der Waals surface area contributed by atoms with Crippen LogP contribution in [0.5, 0.6) is 0 Å². The van der Waals surface area contributed by atoms with Crippen molar-refractivity contribution in [2.45, 2.75) is 20.3 Å². The Morgan fingerprint density at radius 1 is 1.30 bits per heavy atom. The van der Waals surface area contributed by atoms with E-state index in [0.29, 0.717) is 12.5 Å². The Kier molecular flexibility index (Phi) is 4.61. The first kappa shape index (κ1) is 14.4. The van der Waals surface area contributed by atoms with Gasteiger partial charge in [0.2, 0.25) is 5.91 Å².